The maximum absolute atomic E-state index is 13.7. The van der Waals surface area contributed by atoms with Crippen molar-refractivity contribution in [1.29, 1.82) is 0 Å². The second kappa shape index (κ2) is 11.9. The Kier molecular flexibility index (Phi) is 8.25. The number of pyridine rings is 1. The number of carbonyl (C=O) groups excluding carboxylic acids is 2. The van der Waals surface area contributed by atoms with Gasteiger partial charge in [0.1, 0.15) is 10.9 Å². The van der Waals surface area contributed by atoms with E-state index in [0.29, 0.717) is 41.4 Å². The average molecular weight is 581 g/mol. The van der Waals surface area contributed by atoms with Gasteiger partial charge < -0.3 is 30.8 Å². The number of aryl methyl sites for hydroxylation is 1. The molecule has 1 fully saturated rings. The highest BCUT2D eigenvalue weighted by molar-refractivity contribution is 6.41. The Labute approximate surface area is 242 Å². The number of methoxy groups -OCH3 is 1. The van der Waals surface area contributed by atoms with Gasteiger partial charge in [-0.25, -0.2) is 4.98 Å². The maximum Gasteiger partial charge on any atom is 0.260 e. The number of nitrogens with one attached hydrogen (secondary N) is 2. The lowest BCUT2D eigenvalue weighted by atomic mass is 10.1. The molecule has 3 aromatic heterocycles. The molecule has 0 bridgehead atoms. The standard InChI is InChI=1S/C28H33ClN8O4/c1-15-12-33-21(16(2)23(15)41-3)14-37-25-22(24(29)34-28(30)35-25)20(27(37)40)11-18-10-17(13-32-18)26(39)31-6-9-36-7-4-19(38)5-8-36/h10-13,19,32,38H,4-9,14H2,1-3H3,(H,31,39)(H2,30,34,35)/b20-11-. The number of amides is 2. The Morgan fingerprint density at radius 1 is 1.32 bits per heavy atom. The van der Waals surface area contributed by atoms with Crippen LogP contribution in [-0.2, 0) is 11.3 Å². The first-order valence-corrected chi connectivity index (χ1v) is 13.8. The maximum atomic E-state index is 13.7. The Morgan fingerprint density at radius 3 is 2.80 bits per heavy atom. The number of aliphatic hydroxyl groups excluding tert-OH is 1. The van der Waals surface area contributed by atoms with Gasteiger partial charge in [0.05, 0.1) is 42.2 Å². The fraction of sp³-hybridized carbons (Fsp3) is 0.393. The zero-order chi connectivity index (χ0) is 29.3. The van der Waals surface area contributed by atoms with Gasteiger partial charge in [-0.3, -0.25) is 19.5 Å². The van der Waals surface area contributed by atoms with Gasteiger partial charge in [-0.15, -0.1) is 0 Å². The molecule has 5 heterocycles. The normalized spacial score (nSPS) is 16.9. The summed E-state index contributed by atoms with van der Waals surface area (Å²) in [6.45, 7) is 6.74. The summed E-state index contributed by atoms with van der Waals surface area (Å²) < 4.78 is 5.53. The van der Waals surface area contributed by atoms with Crippen LogP contribution < -0.4 is 20.7 Å². The lowest BCUT2D eigenvalue weighted by Crippen LogP contribution is -2.40. The fourth-order valence-corrected chi connectivity index (χ4v) is 5.50. The number of carbonyl (C=O) groups is 2. The zero-order valence-electron chi connectivity index (χ0n) is 23.2. The highest BCUT2D eigenvalue weighted by Gasteiger charge is 2.37. The van der Waals surface area contributed by atoms with Crippen LogP contribution >= 0.6 is 11.6 Å². The molecule has 2 aliphatic rings. The van der Waals surface area contributed by atoms with E-state index >= 15 is 0 Å². The van der Waals surface area contributed by atoms with E-state index in [0.717, 1.165) is 37.1 Å². The highest BCUT2D eigenvalue weighted by atomic mass is 35.5. The summed E-state index contributed by atoms with van der Waals surface area (Å²) in [6.07, 6.45) is 6.18. The predicted octanol–water partition coefficient (Wildman–Crippen LogP) is 2.33. The van der Waals surface area contributed by atoms with E-state index in [4.69, 9.17) is 22.1 Å². The minimum absolute atomic E-state index is 0.0514. The van der Waals surface area contributed by atoms with E-state index in [1.54, 1.807) is 31.6 Å². The molecule has 3 aromatic rings. The van der Waals surface area contributed by atoms with E-state index in [1.807, 2.05) is 13.8 Å². The van der Waals surface area contributed by atoms with Crippen molar-refractivity contribution >= 4 is 46.8 Å². The smallest absolute Gasteiger partial charge is 0.260 e. The van der Waals surface area contributed by atoms with E-state index in [-0.39, 0.29) is 47.0 Å². The number of aromatic nitrogens is 4. The van der Waals surface area contributed by atoms with Crippen LogP contribution in [-0.4, -0.2) is 81.1 Å². The molecule has 2 amide bonds. The number of ether oxygens (including phenoxy) is 1. The van der Waals surface area contributed by atoms with Gasteiger partial charge in [0.25, 0.3) is 11.8 Å². The number of anilines is 2. The van der Waals surface area contributed by atoms with Crippen molar-refractivity contribution in [3.63, 3.8) is 0 Å². The SMILES string of the molecule is COc1c(C)cnc(CN2C(=O)/C(=C\c3cc(C(=O)NCCN4CCC(O)CC4)c[nH]3)c3c(Cl)nc(N)nc32)c1C. The Morgan fingerprint density at radius 2 is 2.07 bits per heavy atom. The molecule has 2 aliphatic heterocycles. The third kappa shape index (κ3) is 5.90. The number of H-pyrrole nitrogens is 1. The van der Waals surface area contributed by atoms with Gasteiger partial charge in [0.2, 0.25) is 5.95 Å². The largest absolute Gasteiger partial charge is 0.496 e. The zero-order valence-corrected chi connectivity index (χ0v) is 24.0. The molecule has 12 nitrogen and oxygen atoms in total. The molecular formula is C28H33ClN8O4. The average Bonchev–Trinajstić information content (AvgIpc) is 3.50. The van der Waals surface area contributed by atoms with Crippen LogP contribution in [0.1, 0.15) is 51.3 Å². The van der Waals surface area contributed by atoms with Crippen molar-refractivity contribution in [3.05, 3.63) is 57.3 Å². The number of aromatic amines is 1. The molecular weight excluding hydrogens is 548 g/mol. The molecule has 0 spiro atoms. The van der Waals surface area contributed by atoms with Crippen molar-refractivity contribution in [2.24, 2.45) is 0 Å². The summed E-state index contributed by atoms with van der Waals surface area (Å²) in [5.41, 5.74) is 9.82. The second-order valence-corrected chi connectivity index (χ2v) is 10.6. The first-order valence-electron chi connectivity index (χ1n) is 13.4. The number of rotatable bonds is 8. The molecule has 216 valence electrons. The summed E-state index contributed by atoms with van der Waals surface area (Å²) in [5.74, 6) is 0.346. The summed E-state index contributed by atoms with van der Waals surface area (Å²) >= 11 is 6.48. The number of nitrogens with zero attached hydrogens (tertiary/aromatic N) is 5. The molecule has 1 saturated heterocycles. The topological polar surface area (TPSA) is 163 Å². The third-order valence-electron chi connectivity index (χ3n) is 7.46. The quantitative estimate of drug-likeness (QED) is 0.231. The number of hydrogen-bond donors (Lipinski definition) is 4. The van der Waals surface area contributed by atoms with Crippen molar-refractivity contribution in [1.82, 2.24) is 30.2 Å². The van der Waals surface area contributed by atoms with Crippen LogP contribution in [0.4, 0.5) is 11.8 Å². The molecule has 5 rings (SSSR count). The van der Waals surface area contributed by atoms with Crippen molar-refractivity contribution in [2.45, 2.75) is 39.3 Å². The van der Waals surface area contributed by atoms with Crippen molar-refractivity contribution in [3.8, 4) is 5.75 Å². The lowest BCUT2D eigenvalue weighted by molar-refractivity contribution is -0.113. The number of halogens is 1. The lowest BCUT2D eigenvalue weighted by Gasteiger charge is -2.29. The minimum atomic E-state index is -0.352. The molecule has 0 radical (unpaired) electrons. The molecule has 5 N–H and O–H groups in total. The van der Waals surface area contributed by atoms with Crippen LogP contribution in [0.15, 0.2) is 18.5 Å². The van der Waals surface area contributed by atoms with Gasteiger partial charge in [0, 0.05) is 55.4 Å². The minimum Gasteiger partial charge on any atom is -0.496 e. The van der Waals surface area contributed by atoms with E-state index in [9.17, 15) is 14.7 Å². The van der Waals surface area contributed by atoms with Crippen LogP contribution in [0.25, 0.3) is 11.6 Å². The molecule has 41 heavy (non-hydrogen) atoms. The Bertz CT molecular complexity index is 1510. The first-order chi connectivity index (χ1) is 19.7. The van der Waals surface area contributed by atoms with Crippen molar-refractivity contribution in [2.75, 3.05) is 43.9 Å². The van der Waals surface area contributed by atoms with Gasteiger partial charge >= 0.3 is 0 Å². The van der Waals surface area contributed by atoms with Crippen LogP contribution in [0.2, 0.25) is 5.15 Å². The number of fused-ring (bicyclic) bond motifs is 1. The monoisotopic (exact) mass is 580 g/mol. The second-order valence-electron chi connectivity index (χ2n) is 10.2. The molecule has 0 aliphatic carbocycles. The number of likely N-dealkylation sites (tertiary alicyclic amines) is 1. The van der Waals surface area contributed by atoms with E-state index in [1.165, 1.54) is 4.90 Å². The number of nitrogen functional groups attached to an aromatic ring is 1. The highest BCUT2D eigenvalue weighted by Crippen LogP contribution is 2.41. The predicted molar refractivity (Wildman–Crippen MR) is 156 cm³/mol. The van der Waals surface area contributed by atoms with E-state index < -0.39 is 0 Å². The van der Waals surface area contributed by atoms with Crippen LogP contribution in [0.5, 0.6) is 5.75 Å². The molecule has 0 unspecified atom stereocenters. The number of aliphatic hydroxyl groups is 1. The van der Waals surface area contributed by atoms with Crippen LogP contribution in [0, 0.1) is 13.8 Å². The fourth-order valence-electron chi connectivity index (χ4n) is 5.23. The molecule has 0 atom stereocenters. The Hall–Kier alpha value is -4.00. The Balaban J connectivity index is 1.36. The summed E-state index contributed by atoms with van der Waals surface area (Å²) in [4.78, 5) is 46.1. The summed E-state index contributed by atoms with van der Waals surface area (Å²) in [6, 6.07) is 1.66. The van der Waals surface area contributed by atoms with Gasteiger partial charge in [-0.1, -0.05) is 11.6 Å². The molecule has 0 aromatic carbocycles. The summed E-state index contributed by atoms with van der Waals surface area (Å²) in [7, 11) is 1.59. The van der Waals surface area contributed by atoms with E-state index in [2.05, 4.69) is 30.2 Å². The molecule has 0 saturated carbocycles. The summed E-state index contributed by atoms with van der Waals surface area (Å²) in [5, 5.41) is 12.6. The van der Waals surface area contributed by atoms with Crippen LogP contribution in [0.3, 0.4) is 0 Å². The van der Waals surface area contributed by atoms with Gasteiger partial charge in [-0.2, -0.15) is 4.98 Å². The number of nitrogens with two attached hydrogens (primary N) is 1. The number of hydrogen-bond acceptors (Lipinski definition) is 9. The van der Waals surface area contributed by atoms with Gasteiger partial charge in [0.15, 0.2) is 5.82 Å². The van der Waals surface area contributed by atoms with Crippen molar-refractivity contribution < 1.29 is 19.4 Å². The molecule has 13 heteroatoms. The first kappa shape index (κ1) is 28.5. The third-order valence-corrected chi connectivity index (χ3v) is 7.73. The van der Waals surface area contributed by atoms with Gasteiger partial charge in [-0.05, 0) is 38.8 Å². The number of piperidine rings is 1.